The molecule has 0 atom stereocenters. The monoisotopic (exact) mass is 644 g/mol. The summed E-state index contributed by atoms with van der Waals surface area (Å²) in [6.07, 6.45) is 1.98. The Morgan fingerprint density at radius 3 is 2.04 bits per heavy atom. The zero-order valence-electron chi connectivity index (χ0n) is 25.9. The lowest BCUT2D eigenvalue weighted by atomic mass is 10.1. The van der Waals surface area contributed by atoms with E-state index in [0.29, 0.717) is 25.2 Å². The predicted octanol–water partition coefficient (Wildman–Crippen LogP) is 7.78. The number of unbranched alkanes of at least 4 members (excludes halogenated alkanes) is 1. The largest absolute Gasteiger partial charge is 0.435 e. The number of imidazole rings is 1. The van der Waals surface area contributed by atoms with Crippen LogP contribution in [0.5, 0.6) is 5.75 Å². The molecule has 4 aromatic carbocycles. The second-order valence-corrected chi connectivity index (χ2v) is 12.8. The Morgan fingerprint density at radius 1 is 0.848 bits per heavy atom. The zero-order valence-corrected chi connectivity index (χ0v) is 26.8. The summed E-state index contributed by atoms with van der Waals surface area (Å²) in [5.74, 6) is 1.03. The highest BCUT2D eigenvalue weighted by Gasteiger charge is 2.22. The van der Waals surface area contributed by atoms with Crippen molar-refractivity contribution in [2.45, 2.75) is 64.4 Å². The summed E-state index contributed by atoms with van der Waals surface area (Å²) in [5, 5.41) is 5.34. The predicted molar refractivity (Wildman–Crippen MR) is 177 cm³/mol. The fourth-order valence-electron chi connectivity index (χ4n) is 5.56. The minimum absolute atomic E-state index is 0.0459. The van der Waals surface area contributed by atoms with Crippen LogP contribution in [-0.2, 0) is 36.2 Å². The molecule has 1 heterocycles. The van der Waals surface area contributed by atoms with E-state index in [1.807, 2.05) is 42.5 Å². The molecule has 0 radical (unpaired) electrons. The number of hydrogen-bond acceptors (Lipinski definition) is 5. The van der Waals surface area contributed by atoms with Gasteiger partial charge in [0.25, 0.3) is 0 Å². The Balaban J connectivity index is 1.59. The highest BCUT2D eigenvalue weighted by molar-refractivity contribution is 7.89. The number of hydrogen-bond donors (Lipinski definition) is 1. The number of aromatic nitrogens is 2. The number of nitrogens with zero attached hydrogens (tertiary/aromatic N) is 3. The smallest absolute Gasteiger partial charge is 0.387 e. The molecule has 5 aromatic rings. The summed E-state index contributed by atoms with van der Waals surface area (Å²) >= 11 is 0. The van der Waals surface area contributed by atoms with Crippen molar-refractivity contribution in [1.29, 1.82) is 0 Å². The molecule has 1 aromatic heterocycles. The highest BCUT2D eigenvalue weighted by atomic mass is 32.2. The summed E-state index contributed by atoms with van der Waals surface area (Å²) in [7, 11) is -3.83. The van der Waals surface area contributed by atoms with Crippen LogP contribution < -0.4 is 9.88 Å². The number of ether oxygens (including phenoxy) is 1. The molecule has 0 unspecified atom stereocenters. The van der Waals surface area contributed by atoms with Crippen LogP contribution in [0, 0.1) is 6.92 Å². The van der Waals surface area contributed by atoms with Gasteiger partial charge in [-0.25, -0.2) is 18.5 Å². The van der Waals surface area contributed by atoms with E-state index in [1.54, 1.807) is 31.2 Å². The first-order chi connectivity index (χ1) is 22.1. The Morgan fingerprint density at radius 2 is 1.46 bits per heavy atom. The Hall–Kier alpha value is -4.38. The quantitative estimate of drug-likeness (QED) is 0.133. The van der Waals surface area contributed by atoms with Crippen molar-refractivity contribution < 1.29 is 21.9 Å². The Kier molecular flexibility index (Phi) is 10.6. The van der Waals surface area contributed by atoms with Crippen LogP contribution in [-0.4, -0.2) is 29.5 Å². The normalized spacial score (nSPS) is 11.8. The van der Waals surface area contributed by atoms with Crippen molar-refractivity contribution in [3.8, 4) is 28.4 Å². The van der Waals surface area contributed by atoms with Gasteiger partial charge in [0.1, 0.15) is 11.6 Å². The number of primary sulfonamides is 1. The summed E-state index contributed by atoms with van der Waals surface area (Å²) in [6.45, 7) is 3.27. The molecule has 0 bridgehead atoms. The molecular formula is C36H38F2N4O3S. The average Bonchev–Trinajstić information content (AvgIpc) is 3.39. The number of nitrogens with two attached hydrogens (primary N) is 1. The Labute approximate surface area is 269 Å². The van der Waals surface area contributed by atoms with Gasteiger partial charge in [-0.15, -0.1) is 0 Å². The van der Waals surface area contributed by atoms with Crippen LogP contribution in [0.25, 0.3) is 22.6 Å². The van der Waals surface area contributed by atoms with Gasteiger partial charge in [0.15, 0.2) is 0 Å². The van der Waals surface area contributed by atoms with Crippen molar-refractivity contribution in [2.24, 2.45) is 5.14 Å². The van der Waals surface area contributed by atoms with E-state index in [0.717, 1.165) is 58.9 Å². The van der Waals surface area contributed by atoms with Gasteiger partial charge in [-0.3, -0.25) is 4.90 Å². The SMILES string of the molecule is CCCCn1c(-c2ccccc2)nc(-c2ccccc2)c1CN(Cc1ccc(S(N)(=O)=O)cc1)Cc1ccc(OC(F)F)c(C)c1. The van der Waals surface area contributed by atoms with Crippen molar-refractivity contribution in [3.05, 3.63) is 126 Å². The number of alkyl halides is 2. The molecule has 2 N–H and O–H groups in total. The summed E-state index contributed by atoms with van der Waals surface area (Å²) in [5.41, 5.74) is 6.40. The van der Waals surface area contributed by atoms with Crippen LogP contribution in [0.3, 0.4) is 0 Å². The molecule has 7 nitrogen and oxygen atoms in total. The second-order valence-electron chi connectivity index (χ2n) is 11.3. The minimum Gasteiger partial charge on any atom is -0.435 e. The third-order valence-corrected chi connectivity index (χ3v) is 8.71. The van der Waals surface area contributed by atoms with E-state index >= 15 is 0 Å². The molecule has 0 saturated carbocycles. The second kappa shape index (κ2) is 14.8. The zero-order chi connectivity index (χ0) is 32.7. The molecule has 240 valence electrons. The maximum atomic E-state index is 12.9. The van der Waals surface area contributed by atoms with Crippen molar-refractivity contribution in [1.82, 2.24) is 14.5 Å². The van der Waals surface area contributed by atoms with Gasteiger partial charge in [-0.05, 0) is 48.2 Å². The molecule has 10 heteroatoms. The van der Waals surface area contributed by atoms with E-state index in [2.05, 4.69) is 45.4 Å². The fourth-order valence-corrected chi connectivity index (χ4v) is 6.07. The minimum atomic E-state index is -3.83. The Bertz CT molecular complexity index is 1850. The van der Waals surface area contributed by atoms with E-state index < -0.39 is 16.6 Å². The van der Waals surface area contributed by atoms with Crippen LogP contribution in [0.2, 0.25) is 0 Å². The van der Waals surface area contributed by atoms with E-state index in [-0.39, 0.29) is 10.6 Å². The number of benzene rings is 4. The van der Waals surface area contributed by atoms with Gasteiger partial charge in [0, 0.05) is 37.3 Å². The topological polar surface area (TPSA) is 90.5 Å². The number of aryl methyl sites for hydroxylation is 1. The first-order valence-corrected chi connectivity index (χ1v) is 16.8. The van der Waals surface area contributed by atoms with Gasteiger partial charge in [-0.1, -0.05) is 98.3 Å². The van der Waals surface area contributed by atoms with Crippen LogP contribution in [0.4, 0.5) is 8.78 Å². The standard InChI is InChI=1S/C36H38F2N4O3S/c1-3-4-21-42-32(34(29-11-7-5-8-12-29)40-35(42)30-13-9-6-10-14-30)25-41(23-27-15-18-31(19-16-27)46(39,43)44)24-28-17-20-33(26(2)22-28)45-36(37)38/h5-20,22,36H,3-4,21,23-25H2,1-2H3,(H2,39,43,44). The number of rotatable bonds is 14. The van der Waals surface area contributed by atoms with E-state index in [4.69, 9.17) is 10.1 Å². The maximum absolute atomic E-state index is 12.9. The lowest BCUT2D eigenvalue weighted by Gasteiger charge is -2.25. The van der Waals surface area contributed by atoms with E-state index in [9.17, 15) is 17.2 Å². The fraction of sp³-hybridized carbons (Fsp3) is 0.250. The third kappa shape index (κ3) is 8.25. The van der Waals surface area contributed by atoms with Gasteiger partial charge in [-0.2, -0.15) is 8.78 Å². The van der Waals surface area contributed by atoms with Gasteiger partial charge < -0.3 is 9.30 Å². The number of halogens is 2. The maximum Gasteiger partial charge on any atom is 0.387 e. The lowest BCUT2D eigenvalue weighted by molar-refractivity contribution is -0.0503. The van der Waals surface area contributed by atoms with Crippen molar-refractivity contribution in [3.63, 3.8) is 0 Å². The molecule has 0 spiro atoms. The lowest BCUT2D eigenvalue weighted by Crippen LogP contribution is -2.25. The molecule has 46 heavy (non-hydrogen) atoms. The number of sulfonamides is 1. The molecule has 0 aliphatic rings. The summed E-state index contributed by atoms with van der Waals surface area (Å²) < 4.78 is 56.7. The molecule has 0 fully saturated rings. The van der Waals surface area contributed by atoms with Gasteiger partial charge in [0.2, 0.25) is 10.0 Å². The van der Waals surface area contributed by atoms with E-state index in [1.165, 1.54) is 12.1 Å². The molecule has 0 aliphatic carbocycles. The first-order valence-electron chi connectivity index (χ1n) is 15.2. The van der Waals surface area contributed by atoms with Gasteiger partial charge >= 0.3 is 6.61 Å². The molecule has 0 aliphatic heterocycles. The summed E-state index contributed by atoms with van der Waals surface area (Å²) in [4.78, 5) is 7.52. The van der Waals surface area contributed by atoms with Gasteiger partial charge in [0.05, 0.1) is 16.3 Å². The van der Waals surface area contributed by atoms with Crippen LogP contribution in [0.1, 0.15) is 42.1 Å². The summed E-state index contributed by atoms with van der Waals surface area (Å²) in [6, 6.07) is 32.0. The van der Waals surface area contributed by atoms with Crippen LogP contribution in [0.15, 0.2) is 108 Å². The first kappa shape index (κ1) is 33.0. The molecular weight excluding hydrogens is 606 g/mol. The highest BCUT2D eigenvalue weighted by Crippen LogP contribution is 2.32. The van der Waals surface area contributed by atoms with Crippen molar-refractivity contribution in [2.75, 3.05) is 0 Å². The average molecular weight is 645 g/mol. The van der Waals surface area contributed by atoms with Crippen LogP contribution >= 0.6 is 0 Å². The molecule has 5 rings (SSSR count). The van der Waals surface area contributed by atoms with Crippen molar-refractivity contribution >= 4 is 10.0 Å². The molecule has 0 amide bonds. The third-order valence-electron chi connectivity index (χ3n) is 7.78. The molecule has 0 saturated heterocycles.